The Balaban J connectivity index is 1.80. The fourth-order valence-electron chi connectivity index (χ4n) is 4.90. The van der Waals surface area contributed by atoms with Crippen molar-refractivity contribution in [3.05, 3.63) is 130 Å². The van der Waals surface area contributed by atoms with Crippen LogP contribution >= 0.6 is 15.9 Å². The van der Waals surface area contributed by atoms with Crippen molar-refractivity contribution in [1.82, 2.24) is 10.2 Å². The van der Waals surface area contributed by atoms with Crippen molar-refractivity contribution in [1.29, 1.82) is 0 Å². The number of sulfonamides is 1. The second-order valence-corrected chi connectivity index (χ2v) is 14.1. The van der Waals surface area contributed by atoms with E-state index in [1.807, 2.05) is 94.4 Å². The van der Waals surface area contributed by atoms with Gasteiger partial charge in [0, 0.05) is 23.5 Å². The number of hydrogen-bond donors (Lipinski definition) is 1. The minimum atomic E-state index is -4.14. The first-order chi connectivity index (χ1) is 21.5. The van der Waals surface area contributed by atoms with Gasteiger partial charge in [0.1, 0.15) is 12.6 Å². The highest BCUT2D eigenvalue weighted by molar-refractivity contribution is 9.10. The Kier molecular flexibility index (Phi) is 11.6. The fourth-order valence-corrected chi connectivity index (χ4v) is 6.77. The molecule has 0 fully saturated rings. The van der Waals surface area contributed by atoms with Gasteiger partial charge in [0.05, 0.1) is 10.6 Å². The van der Waals surface area contributed by atoms with Crippen LogP contribution in [0.2, 0.25) is 0 Å². The van der Waals surface area contributed by atoms with Crippen LogP contribution in [0.5, 0.6) is 0 Å². The van der Waals surface area contributed by atoms with E-state index in [0.29, 0.717) is 5.69 Å². The second kappa shape index (κ2) is 15.4. The highest BCUT2D eigenvalue weighted by atomic mass is 79.9. The van der Waals surface area contributed by atoms with E-state index in [2.05, 4.69) is 21.2 Å². The lowest BCUT2D eigenvalue weighted by Crippen LogP contribution is -2.54. The Labute approximate surface area is 275 Å². The summed E-state index contributed by atoms with van der Waals surface area (Å²) >= 11 is 3.51. The van der Waals surface area contributed by atoms with Crippen LogP contribution in [0.1, 0.15) is 42.5 Å². The molecule has 236 valence electrons. The topological polar surface area (TPSA) is 86.8 Å². The average molecular weight is 691 g/mol. The minimum Gasteiger partial charge on any atom is -0.352 e. The number of halogens is 1. The van der Waals surface area contributed by atoms with Gasteiger partial charge < -0.3 is 10.2 Å². The van der Waals surface area contributed by atoms with E-state index in [-0.39, 0.29) is 29.8 Å². The molecular formula is C36H40BrN3O4S. The summed E-state index contributed by atoms with van der Waals surface area (Å²) in [5, 5.41) is 3.06. The molecule has 0 unspecified atom stereocenters. The molecule has 0 aliphatic rings. The maximum Gasteiger partial charge on any atom is 0.264 e. The Bertz CT molecular complexity index is 1690. The molecule has 2 atom stereocenters. The molecule has 4 rings (SSSR count). The van der Waals surface area contributed by atoms with Gasteiger partial charge >= 0.3 is 0 Å². The van der Waals surface area contributed by atoms with Crippen LogP contribution in [0, 0.1) is 13.8 Å². The van der Waals surface area contributed by atoms with E-state index in [1.54, 1.807) is 36.4 Å². The number of carbonyl (C=O) groups is 2. The van der Waals surface area contributed by atoms with Crippen LogP contribution < -0.4 is 9.62 Å². The van der Waals surface area contributed by atoms with E-state index in [1.165, 1.54) is 4.90 Å². The molecule has 0 saturated heterocycles. The Hall–Kier alpha value is -3.95. The highest BCUT2D eigenvalue weighted by Crippen LogP contribution is 2.26. The first-order valence-corrected chi connectivity index (χ1v) is 17.3. The number of anilines is 1. The SMILES string of the molecule is CC[C@@H](C)NC(=O)[C@H](Cc1ccccc1)N(Cc1cccc(Br)c1)C(=O)CN(c1ccc(C)cc1)S(=O)(=O)c1ccc(C)cc1. The van der Waals surface area contributed by atoms with Crippen molar-refractivity contribution in [2.75, 3.05) is 10.8 Å². The Morgan fingerprint density at radius 1 is 0.822 bits per heavy atom. The third-order valence-electron chi connectivity index (χ3n) is 7.72. The standard InChI is InChI=1S/C36H40BrN3O4S/c1-5-28(4)38-36(42)34(23-29-10-7-6-8-11-29)39(24-30-12-9-13-31(37)22-30)35(41)25-40(32-18-14-26(2)15-19-32)45(43,44)33-20-16-27(3)17-21-33/h6-22,28,34H,5,23-25H2,1-4H3,(H,38,42)/t28-,34+/m1/s1. The van der Waals surface area contributed by atoms with Crippen molar-refractivity contribution >= 4 is 43.5 Å². The van der Waals surface area contributed by atoms with Crippen molar-refractivity contribution in [3.8, 4) is 0 Å². The maximum absolute atomic E-state index is 14.5. The number of aryl methyl sites for hydroxylation is 2. The molecular weight excluding hydrogens is 650 g/mol. The zero-order valence-electron chi connectivity index (χ0n) is 26.1. The van der Waals surface area contributed by atoms with Gasteiger partial charge in [0.2, 0.25) is 11.8 Å². The lowest BCUT2D eigenvalue weighted by molar-refractivity contribution is -0.140. The number of nitrogens with zero attached hydrogens (tertiary/aromatic N) is 2. The molecule has 9 heteroatoms. The van der Waals surface area contributed by atoms with Crippen LogP contribution in [0.25, 0.3) is 0 Å². The highest BCUT2D eigenvalue weighted by Gasteiger charge is 2.35. The van der Waals surface area contributed by atoms with Crippen LogP contribution in [0.3, 0.4) is 0 Å². The first-order valence-electron chi connectivity index (χ1n) is 15.0. The molecule has 0 radical (unpaired) electrons. The molecule has 0 spiro atoms. The summed E-state index contributed by atoms with van der Waals surface area (Å²) in [5.74, 6) is -0.786. The summed E-state index contributed by atoms with van der Waals surface area (Å²) < 4.78 is 30.2. The fraction of sp³-hybridized carbons (Fsp3) is 0.278. The third-order valence-corrected chi connectivity index (χ3v) is 10.0. The quantitative estimate of drug-likeness (QED) is 0.167. The van der Waals surface area contributed by atoms with Crippen LogP contribution in [0.15, 0.2) is 112 Å². The number of carbonyl (C=O) groups excluding carboxylic acids is 2. The number of nitrogens with one attached hydrogen (secondary N) is 1. The molecule has 0 aliphatic carbocycles. The molecule has 45 heavy (non-hydrogen) atoms. The zero-order valence-corrected chi connectivity index (χ0v) is 28.5. The molecule has 0 aromatic heterocycles. The predicted octanol–water partition coefficient (Wildman–Crippen LogP) is 6.82. The predicted molar refractivity (Wildman–Crippen MR) is 183 cm³/mol. The lowest BCUT2D eigenvalue weighted by atomic mass is 10.0. The normalized spacial score (nSPS) is 12.6. The van der Waals surface area contributed by atoms with Crippen molar-refractivity contribution < 1.29 is 18.0 Å². The van der Waals surface area contributed by atoms with Crippen molar-refractivity contribution in [2.24, 2.45) is 0 Å². The minimum absolute atomic E-state index is 0.0790. The number of benzene rings is 4. The molecule has 0 saturated carbocycles. The second-order valence-electron chi connectivity index (χ2n) is 11.3. The average Bonchev–Trinajstić information content (AvgIpc) is 3.02. The van der Waals surface area contributed by atoms with Crippen LogP contribution in [0.4, 0.5) is 5.69 Å². The van der Waals surface area contributed by atoms with Gasteiger partial charge in [-0.2, -0.15) is 0 Å². The van der Waals surface area contributed by atoms with Gasteiger partial charge in [0.25, 0.3) is 10.0 Å². The van der Waals surface area contributed by atoms with Gasteiger partial charge in [0.15, 0.2) is 0 Å². The molecule has 0 heterocycles. The number of amides is 2. The van der Waals surface area contributed by atoms with Gasteiger partial charge in [-0.1, -0.05) is 101 Å². The Morgan fingerprint density at radius 2 is 1.42 bits per heavy atom. The number of rotatable bonds is 13. The van der Waals surface area contributed by atoms with E-state index >= 15 is 0 Å². The van der Waals surface area contributed by atoms with E-state index in [4.69, 9.17) is 0 Å². The first kappa shape index (κ1) is 33.9. The monoisotopic (exact) mass is 689 g/mol. The maximum atomic E-state index is 14.5. The van der Waals surface area contributed by atoms with Gasteiger partial charge in [-0.25, -0.2) is 8.42 Å². The zero-order chi connectivity index (χ0) is 32.6. The van der Waals surface area contributed by atoms with Crippen molar-refractivity contribution in [2.45, 2.75) is 64.1 Å². The molecule has 0 aliphatic heterocycles. The summed E-state index contributed by atoms with van der Waals surface area (Å²) in [4.78, 5) is 30.0. The van der Waals surface area contributed by atoms with Gasteiger partial charge in [-0.3, -0.25) is 13.9 Å². The molecule has 1 N–H and O–H groups in total. The summed E-state index contributed by atoms with van der Waals surface area (Å²) in [6.45, 7) is 7.32. The van der Waals surface area contributed by atoms with Gasteiger partial charge in [-0.15, -0.1) is 0 Å². The smallest absolute Gasteiger partial charge is 0.264 e. The molecule has 2 amide bonds. The summed E-state index contributed by atoms with van der Waals surface area (Å²) in [7, 11) is -4.14. The molecule has 7 nitrogen and oxygen atoms in total. The number of hydrogen-bond acceptors (Lipinski definition) is 4. The summed E-state index contributed by atoms with van der Waals surface area (Å²) in [6.07, 6.45) is 0.984. The molecule has 0 bridgehead atoms. The lowest BCUT2D eigenvalue weighted by Gasteiger charge is -2.34. The molecule has 4 aromatic rings. The third kappa shape index (κ3) is 9.05. The van der Waals surface area contributed by atoms with E-state index in [0.717, 1.165) is 37.5 Å². The van der Waals surface area contributed by atoms with Crippen LogP contribution in [-0.4, -0.2) is 43.8 Å². The van der Waals surface area contributed by atoms with Crippen LogP contribution in [-0.2, 0) is 32.6 Å². The molecule has 4 aromatic carbocycles. The van der Waals surface area contributed by atoms with Crippen molar-refractivity contribution in [3.63, 3.8) is 0 Å². The largest absolute Gasteiger partial charge is 0.352 e. The van der Waals surface area contributed by atoms with E-state index in [9.17, 15) is 18.0 Å². The van der Waals surface area contributed by atoms with Gasteiger partial charge in [-0.05, 0) is 74.7 Å². The summed E-state index contributed by atoms with van der Waals surface area (Å²) in [6, 6.07) is 29.7. The Morgan fingerprint density at radius 3 is 2.02 bits per heavy atom. The summed E-state index contributed by atoms with van der Waals surface area (Å²) in [5.41, 5.74) is 3.93. The van der Waals surface area contributed by atoms with E-state index < -0.39 is 28.5 Å².